The van der Waals surface area contributed by atoms with Gasteiger partial charge in [0.1, 0.15) is 16.5 Å². The summed E-state index contributed by atoms with van der Waals surface area (Å²) in [7, 11) is -4.21. The normalized spacial score (nSPS) is 12.9. The number of hydrogen-bond acceptors (Lipinski definition) is 5. The van der Waals surface area contributed by atoms with Gasteiger partial charge in [0.2, 0.25) is 15.9 Å². The summed E-state index contributed by atoms with van der Waals surface area (Å²) in [6.45, 7) is 1.32. The van der Waals surface area contributed by atoms with E-state index in [1.54, 1.807) is 0 Å². The van der Waals surface area contributed by atoms with Crippen LogP contribution in [0.5, 0.6) is 0 Å². The maximum Gasteiger partial charge on any atom is 0.244 e. The first-order valence-electron chi connectivity index (χ1n) is 7.40. The van der Waals surface area contributed by atoms with Gasteiger partial charge in [0, 0.05) is 0 Å². The highest BCUT2D eigenvalue weighted by molar-refractivity contribution is 7.89. The fraction of sp³-hybridized carbons (Fsp3) is 0.125. The van der Waals surface area contributed by atoms with Crippen molar-refractivity contribution in [1.82, 2.24) is 9.71 Å². The summed E-state index contributed by atoms with van der Waals surface area (Å²) in [4.78, 5) is 15.8. The average Bonchev–Trinajstić information content (AvgIpc) is 2.95. The first-order valence-corrected chi connectivity index (χ1v) is 9.70. The van der Waals surface area contributed by atoms with E-state index in [0.29, 0.717) is 10.2 Å². The summed E-state index contributed by atoms with van der Waals surface area (Å²) in [5, 5.41) is 2.67. The van der Waals surface area contributed by atoms with E-state index in [4.69, 9.17) is 0 Å². The van der Waals surface area contributed by atoms with E-state index in [1.165, 1.54) is 37.3 Å². The van der Waals surface area contributed by atoms with Gasteiger partial charge in [-0.25, -0.2) is 22.2 Å². The molecule has 0 radical (unpaired) electrons. The lowest BCUT2D eigenvalue weighted by Gasteiger charge is -2.13. The maximum absolute atomic E-state index is 13.7. The number of thiazole rings is 1. The van der Waals surface area contributed by atoms with Crippen molar-refractivity contribution in [3.05, 3.63) is 54.1 Å². The number of nitrogens with one attached hydrogen (secondary N) is 2. The van der Waals surface area contributed by atoms with Gasteiger partial charge in [0.15, 0.2) is 5.13 Å². The molecular formula is C16H13F2N3O3S2. The molecule has 0 spiro atoms. The molecule has 1 atom stereocenters. The number of sulfonamides is 1. The Labute approximate surface area is 151 Å². The van der Waals surface area contributed by atoms with Crippen molar-refractivity contribution in [1.29, 1.82) is 0 Å². The van der Waals surface area contributed by atoms with Crippen LogP contribution >= 0.6 is 11.3 Å². The Bertz CT molecular complexity index is 1080. The maximum atomic E-state index is 13.7. The molecule has 0 aliphatic heterocycles. The predicted molar refractivity (Wildman–Crippen MR) is 94.4 cm³/mol. The highest BCUT2D eigenvalue weighted by Crippen LogP contribution is 2.26. The van der Waals surface area contributed by atoms with Crippen LogP contribution in [0.3, 0.4) is 0 Å². The Morgan fingerprint density at radius 2 is 1.92 bits per heavy atom. The Morgan fingerprint density at radius 1 is 1.19 bits per heavy atom. The van der Waals surface area contributed by atoms with Gasteiger partial charge in [0.25, 0.3) is 0 Å². The van der Waals surface area contributed by atoms with Gasteiger partial charge < -0.3 is 5.32 Å². The zero-order valence-corrected chi connectivity index (χ0v) is 15.0. The third kappa shape index (κ3) is 3.87. The van der Waals surface area contributed by atoms with Gasteiger partial charge in [-0.15, -0.1) is 0 Å². The largest absolute Gasteiger partial charge is 0.301 e. The molecule has 10 heteroatoms. The van der Waals surface area contributed by atoms with Crippen LogP contribution < -0.4 is 10.0 Å². The van der Waals surface area contributed by atoms with Crippen LogP contribution in [0.1, 0.15) is 6.92 Å². The minimum Gasteiger partial charge on any atom is -0.301 e. The molecule has 0 saturated heterocycles. The van der Waals surface area contributed by atoms with Gasteiger partial charge in [-0.1, -0.05) is 23.5 Å². The second-order valence-electron chi connectivity index (χ2n) is 5.39. The SMILES string of the molecule is CC(NS(=O)(=O)c1ccccc1F)C(=O)Nc1nc2ccc(F)cc2s1. The van der Waals surface area contributed by atoms with Crippen LogP contribution in [0.25, 0.3) is 10.2 Å². The fourth-order valence-corrected chi connectivity index (χ4v) is 4.35. The summed E-state index contributed by atoms with van der Waals surface area (Å²) in [5.41, 5.74) is 0.506. The number of halogens is 2. The minimum atomic E-state index is -4.21. The Balaban J connectivity index is 1.74. The molecule has 6 nitrogen and oxygen atoms in total. The fourth-order valence-electron chi connectivity index (χ4n) is 2.18. The van der Waals surface area contributed by atoms with E-state index < -0.39 is 38.5 Å². The molecule has 2 N–H and O–H groups in total. The Morgan fingerprint density at radius 3 is 2.65 bits per heavy atom. The van der Waals surface area contributed by atoms with Crippen LogP contribution in [0.15, 0.2) is 47.4 Å². The number of carbonyl (C=O) groups is 1. The lowest BCUT2D eigenvalue weighted by Crippen LogP contribution is -2.41. The zero-order valence-electron chi connectivity index (χ0n) is 13.4. The highest BCUT2D eigenvalue weighted by atomic mass is 32.2. The summed E-state index contributed by atoms with van der Waals surface area (Å²) in [6.07, 6.45) is 0. The van der Waals surface area contributed by atoms with Crippen LogP contribution in [0, 0.1) is 11.6 Å². The standard InChI is InChI=1S/C16H13F2N3O3S2/c1-9(21-26(23,24)14-5-3-2-4-11(14)18)15(22)20-16-19-12-7-6-10(17)8-13(12)25-16/h2-9,21H,1H3,(H,19,20,22). The summed E-state index contributed by atoms with van der Waals surface area (Å²) < 4.78 is 54.0. The predicted octanol–water partition coefficient (Wildman–Crippen LogP) is 2.88. The minimum absolute atomic E-state index is 0.201. The molecule has 0 saturated carbocycles. The first kappa shape index (κ1) is 18.4. The van der Waals surface area contributed by atoms with Crippen molar-refractivity contribution in [3.8, 4) is 0 Å². The van der Waals surface area contributed by atoms with Crippen LogP contribution in [-0.4, -0.2) is 25.4 Å². The molecule has 0 fully saturated rings. The van der Waals surface area contributed by atoms with E-state index in [0.717, 1.165) is 23.5 Å². The van der Waals surface area contributed by atoms with Crippen molar-refractivity contribution in [2.24, 2.45) is 0 Å². The molecule has 2 aromatic carbocycles. The number of amides is 1. The van der Waals surface area contributed by atoms with Crippen LogP contribution in [-0.2, 0) is 14.8 Å². The molecule has 3 aromatic rings. The van der Waals surface area contributed by atoms with Gasteiger partial charge in [-0.05, 0) is 37.3 Å². The lowest BCUT2D eigenvalue weighted by atomic mass is 10.3. The second kappa shape index (κ2) is 7.06. The third-order valence-corrected chi connectivity index (χ3v) is 5.94. The molecule has 1 amide bonds. The number of rotatable bonds is 5. The molecule has 1 unspecified atom stereocenters. The number of carbonyl (C=O) groups excluding carboxylic acids is 1. The van der Waals surface area contributed by atoms with E-state index in [2.05, 4.69) is 15.0 Å². The van der Waals surface area contributed by atoms with Crippen molar-refractivity contribution < 1.29 is 22.0 Å². The smallest absolute Gasteiger partial charge is 0.244 e. The molecule has 136 valence electrons. The molecule has 0 aliphatic rings. The van der Waals surface area contributed by atoms with Gasteiger partial charge >= 0.3 is 0 Å². The van der Waals surface area contributed by atoms with Crippen molar-refractivity contribution in [3.63, 3.8) is 0 Å². The highest BCUT2D eigenvalue weighted by Gasteiger charge is 2.25. The van der Waals surface area contributed by atoms with E-state index in [1.807, 2.05) is 0 Å². The summed E-state index contributed by atoms with van der Waals surface area (Å²) >= 11 is 1.05. The average molecular weight is 397 g/mol. The Hall–Kier alpha value is -2.43. The molecule has 1 heterocycles. The summed E-state index contributed by atoms with van der Waals surface area (Å²) in [5.74, 6) is -2.02. The zero-order chi connectivity index (χ0) is 18.9. The van der Waals surface area contributed by atoms with Crippen LogP contribution in [0.2, 0.25) is 0 Å². The van der Waals surface area contributed by atoms with E-state index in [9.17, 15) is 22.0 Å². The van der Waals surface area contributed by atoms with Crippen molar-refractivity contribution in [2.45, 2.75) is 17.9 Å². The number of benzene rings is 2. The molecule has 0 aliphatic carbocycles. The molecule has 26 heavy (non-hydrogen) atoms. The van der Waals surface area contributed by atoms with Crippen molar-refractivity contribution in [2.75, 3.05) is 5.32 Å². The number of anilines is 1. The van der Waals surface area contributed by atoms with Gasteiger partial charge in [0.05, 0.1) is 16.3 Å². The monoisotopic (exact) mass is 397 g/mol. The molecular weight excluding hydrogens is 384 g/mol. The first-order chi connectivity index (χ1) is 12.3. The topological polar surface area (TPSA) is 88.2 Å². The number of fused-ring (bicyclic) bond motifs is 1. The van der Waals surface area contributed by atoms with Crippen molar-refractivity contribution >= 4 is 42.6 Å². The molecule has 3 rings (SSSR count). The van der Waals surface area contributed by atoms with Gasteiger partial charge in [-0.3, -0.25) is 4.79 Å². The van der Waals surface area contributed by atoms with E-state index >= 15 is 0 Å². The quantitative estimate of drug-likeness (QED) is 0.693. The number of aromatic nitrogens is 1. The molecule has 1 aromatic heterocycles. The van der Waals surface area contributed by atoms with Crippen LogP contribution in [0.4, 0.5) is 13.9 Å². The Kier molecular flexibility index (Phi) is 4.99. The number of hydrogen-bond donors (Lipinski definition) is 2. The van der Waals surface area contributed by atoms with Gasteiger partial charge in [-0.2, -0.15) is 4.72 Å². The molecule has 0 bridgehead atoms. The summed E-state index contributed by atoms with van der Waals surface area (Å²) in [6, 6.07) is 7.68. The number of nitrogens with zero attached hydrogens (tertiary/aromatic N) is 1. The van der Waals surface area contributed by atoms with E-state index in [-0.39, 0.29) is 5.13 Å². The second-order valence-corrected chi connectivity index (χ2v) is 8.11. The third-order valence-electron chi connectivity index (χ3n) is 3.43. The lowest BCUT2D eigenvalue weighted by molar-refractivity contribution is -0.117.